The number of rotatable bonds is 3. The number of thiazole rings is 1. The topological polar surface area (TPSA) is 62.7 Å². The molecule has 0 unspecified atom stereocenters. The second-order valence-corrected chi connectivity index (χ2v) is 8.27. The Bertz CT molecular complexity index is 1030. The van der Waals surface area contributed by atoms with E-state index in [1.54, 1.807) is 35.6 Å². The van der Waals surface area contributed by atoms with E-state index >= 15 is 0 Å². The van der Waals surface area contributed by atoms with E-state index in [-0.39, 0.29) is 5.91 Å². The molecule has 0 spiro atoms. The zero-order valence-electron chi connectivity index (χ0n) is 16.1. The molecule has 0 N–H and O–H groups in total. The Labute approximate surface area is 177 Å². The van der Waals surface area contributed by atoms with Gasteiger partial charge < -0.3 is 14.5 Å². The number of carbonyl (C=O) groups is 2. The van der Waals surface area contributed by atoms with Crippen molar-refractivity contribution in [3.05, 3.63) is 58.1 Å². The zero-order chi connectivity index (χ0) is 20.5. The monoisotopic (exact) mass is 429 g/mol. The number of amides is 1. The number of halogens is 1. The highest BCUT2D eigenvalue weighted by molar-refractivity contribution is 7.22. The number of hydrogen-bond donors (Lipinski definition) is 0. The van der Waals surface area contributed by atoms with E-state index in [0.717, 1.165) is 25.9 Å². The largest absolute Gasteiger partial charge is 0.465 e. The van der Waals surface area contributed by atoms with Gasteiger partial charge in [-0.25, -0.2) is 9.78 Å². The van der Waals surface area contributed by atoms with Crippen molar-refractivity contribution in [1.82, 2.24) is 9.88 Å². The highest BCUT2D eigenvalue weighted by Crippen LogP contribution is 2.35. The molecule has 1 aliphatic rings. The van der Waals surface area contributed by atoms with E-state index in [0.29, 0.717) is 37.3 Å². The molecule has 0 saturated carbocycles. The van der Waals surface area contributed by atoms with Crippen LogP contribution in [0, 0.1) is 6.92 Å². The Balaban J connectivity index is 1.44. The first-order valence-electron chi connectivity index (χ1n) is 9.26. The van der Waals surface area contributed by atoms with Crippen LogP contribution >= 0.6 is 22.9 Å². The Morgan fingerprint density at radius 1 is 1.03 bits per heavy atom. The Kier molecular flexibility index (Phi) is 5.43. The quantitative estimate of drug-likeness (QED) is 0.589. The number of piperazine rings is 1. The van der Waals surface area contributed by atoms with Gasteiger partial charge in [-0.3, -0.25) is 4.79 Å². The van der Waals surface area contributed by atoms with Gasteiger partial charge in [0.1, 0.15) is 0 Å². The van der Waals surface area contributed by atoms with Crippen molar-refractivity contribution in [3.8, 4) is 0 Å². The van der Waals surface area contributed by atoms with Gasteiger partial charge in [0.2, 0.25) is 0 Å². The Morgan fingerprint density at radius 2 is 1.69 bits per heavy atom. The molecule has 0 bridgehead atoms. The third-order valence-electron chi connectivity index (χ3n) is 5.08. The summed E-state index contributed by atoms with van der Waals surface area (Å²) in [6, 6.07) is 10.4. The lowest BCUT2D eigenvalue weighted by molar-refractivity contribution is 0.0599. The third kappa shape index (κ3) is 3.80. The van der Waals surface area contributed by atoms with Gasteiger partial charge in [0, 0.05) is 31.7 Å². The molecule has 150 valence electrons. The first-order chi connectivity index (χ1) is 14.0. The number of anilines is 1. The number of nitrogens with zero attached hydrogens (tertiary/aromatic N) is 3. The maximum absolute atomic E-state index is 12.8. The summed E-state index contributed by atoms with van der Waals surface area (Å²) in [6.45, 7) is 4.68. The normalized spacial score (nSPS) is 14.3. The second-order valence-electron chi connectivity index (χ2n) is 6.89. The van der Waals surface area contributed by atoms with E-state index in [2.05, 4.69) is 4.90 Å². The average Bonchev–Trinajstić information content (AvgIpc) is 3.22. The fourth-order valence-electron chi connectivity index (χ4n) is 3.38. The van der Waals surface area contributed by atoms with Crippen molar-refractivity contribution in [2.75, 3.05) is 38.2 Å². The lowest BCUT2D eigenvalue weighted by Crippen LogP contribution is -2.48. The van der Waals surface area contributed by atoms with Crippen LogP contribution in [0.15, 0.2) is 36.4 Å². The van der Waals surface area contributed by atoms with E-state index in [9.17, 15) is 9.59 Å². The highest BCUT2D eigenvalue weighted by Gasteiger charge is 2.24. The van der Waals surface area contributed by atoms with Gasteiger partial charge >= 0.3 is 5.97 Å². The molecule has 29 heavy (non-hydrogen) atoms. The SMILES string of the molecule is COC(=O)c1ccc(C(=O)N2CCN(c3nc4c(C)ccc(Cl)c4s3)CC2)cc1. The molecule has 1 amide bonds. The first-order valence-corrected chi connectivity index (χ1v) is 10.5. The van der Waals surface area contributed by atoms with Crippen LogP contribution in [0.2, 0.25) is 5.02 Å². The van der Waals surface area contributed by atoms with Gasteiger partial charge in [-0.2, -0.15) is 0 Å². The first kappa shape index (κ1) is 19.7. The van der Waals surface area contributed by atoms with Crippen LogP contribution in [-0.4, -0.2) is 55.0 Å². The van der Waals surface area contributed by atoms with Crippen LogP contribution in [0.5, 0.6) is 0 Å². The van der Waals surface area contributed by atoms with Crippen molar-refractivity contribution in [2.24, 2.45) is 0 Å². The number of esters is 1. The molecular weight excluding hydrogens is 410 g/mol. The van der Waals surface area contributed by atoms with E-state index in [1.165, 1.54) is 7.11 Å². The third-order valence-corrected chi connectivity index (χ3v) is 6.65. The predicted molar refractivity (Wildman–Crippen MR) is 115 cm³/mol. The Morgan fingerprint density at radius 3 is 2.31 bits per heavy atom. The molecule has 1 saturated heterocycles. The summed E-state index contributed by atoms with van der Waals surface area (Å²) in [7, 11) is 1.33. The van der Waals surface area contributed by atoms with E-state index in [1.807, 2.05) is 24.0 Å². The number of hydrogen-bond acceptors (Lipinski definition) is 6. The van der Waals surface area contributed by atoms with Gasteiger partial charge in [-0.1, -0.05) is 29.0 Å². The Hall–Kier alpha value is -2.64. The van der Waals surface area contributed by atoms with Crippen LogP contribution in [0.4, 0.5) is 5.13 Å². The van der Waals surface area contributed by atoms with Crippen molar-refractivity contribution in [1.29, 1.82) is 0 Å². The fourth-order valence-corrected chi connectivity index (χ4v) is 4.74. The van der Waals surface area contributed by atoms with Gasteiger partial charge in [-0.15, -0.1) is 0 Å². The zero-order valence-corrected chi connectivity index (χ0v) is 17.7. The number of methoxy groups -OCH3 is 1. The fraction of sp³-hybridized carbons (Fsp3) is 0.286. The van der Waals surface area contributed by atoms with Crippen molar-refractivity contribution in [2.45, 2.75) is 6.92 Å². The number of ether oxygens (including phenoxy) is 1. The molecule has 0 radical (unpaired) electrons. The van der Waals surface area contributed by atoms with Gasteiger partial charge in [-0.05, 0) is 42.8 Å². The summed E-state index contributed by atoms with van der Waals surface area (Å²) in [4.78, 5) is 33.1. The van der Waals surface area contributed by atoms with E-state index in [4.69, 9.17) is 21.3 Å². The molecule has 6 nitrogen and oxygen atoms in total. The molecule has 1 aromatic heterocycles. The summed E-state index contributed by atoms with van der Waals surface area (Å²) in [5.74, 6) is -0.451. The molecule has 0 atom stereocenters. The second kappa shape index (κ2) is 8.00. The maximum atomic E-state index is 12.8. The molecule has 1 aliphatic heterocycles. The minimum atomic E-state index is -0.413. The van der Waals surface area contributed by atoms with Gasteiger partial charge in [0.25, 0.3) is 5.91 Å². The smallest absolute Gasteiger partial charge is 0.337 e. The minimum Gasteiger partial charge on any atom is -0.465 e. The van der Waals surface area contributed by atoms with Crippen LogP contribution in [0.1, 0.15) is 26.3 Å². The van der Waals surface area contributed by atoms with Crippen molar-refractivity contribution < 1.29 is 14.3 Å². The molecule has 2 aromatic carbocycles. The summed E-state index contributed by atoms with van der Waals surface area (Å²) in [5.41, 5.74) is 3.05. The average molecular weight is 430 g/mol. The number of aromatic nitrogens is 1. The predicted octanol–water partition coefficient (Wildman–Crippen LogP) is 4.01. The summed E-state index contributed by atoms with van der Waals surface area (Å²) in [6.07, 6.45) is 0. The summed E-state index contributed by atoms with van der Waals surface area (Å²) < 4.78 is 5.70. The molecule has 3 aromatic rings. The standard InChI is InChI=1S/C21H20ClN3O3S/c1-13-3-8-16(22)18-17(13)23-21(29-18)25-11-9-24(10-12-25)19(26)14-4-6-15(7-5-14)20(27)28-2/h3-8H,9-12H2,1-2H3. The van der Waals surface area contributed by atoms with Gasteiger partial charge in [0.15, 0.2) is 5.13 Å². The van der Waals surface area contributed by atoms with Crippen LogP contribution in [-0.2, 0) is 4.74 Å². The summed E-state index contributed by atoms with van der Waals surface area (Å²) in [5, 5.41) is 1.66. The molecule has 2 heterocycles. The van der Waals surface area contributed by atoms with E-state index < -0.39 is 5.97 Å². The highest BCUT2D eigenvalue weighted by atomic mass is 35.5. The number of fused-ring (bicyclic) bond motifs is 1. The molecule has 4 rings (SSSR count). The number of benzene rings is 2. The summed E-state index contributed by atoms with van der Waals surface area (Å²) >= 11 is 7.92. The van der Waals surface area contributed by atoms with Crippen LogP contribution in [0.25, 0.3) is 10.2 Å². The molecular formula is C21H20ClN3O3S. The molecule has 8 heteroatoms. The number of aryl methyl sites for hydroxylation is 1. The van der Waals surface area contributed by atoms with Gasteiger partial charge in [0.05, 0.1) is 27.9 Å². The molecule has 0 aliphatic carbocycles. The van der Waals surface area contributed by atoms with Crippen molar-refractivity contribution >= 4 is 50.2 Å². The van der Waals surface area contributed by atoms with Crippen molar-refractivity contribution in [3.63, 3.8) is 0 Å². The lowest BCUT2D eigenvalue weighted by atomic mass is 10.1. The van der Waals surface area contributed by atoms with Crippen LogP contribution in [0.3, 0.4) is 0 Å². The minimum absolute atomic E-state index is 0.0377. The lowest BCUT2D eigenvalue weighted by Gasteiger charge is -2.34. The maximum Gasteiger partial charge on any atom is 0.337 e. The number of carbonyl (C=O) groups excluding carboxylic acids is 2. The molecule has 1 fully saturated rings. The van der Waals surface area contributed by atoms with Crippen LogP contribution < -0.4 is 4.90 Å².